The summed E-state index contributed by atoms with van der Waals surface area (Å²) in [4.78, 5) is 0. The van der Waals surface area contributed by atoms with Gasteiger partial charge >= 0.3 is 0 Å². The topological polar surface area (TPSA) is 20.2 Å². The van der Waals surface area contributed by atoms with Gasteiger partial charge in [0.1, 0.15) is 0 Å². The summed E-state index contributed by atoms with van der Waals surface area (Å²) in [6, 6.07) is 0. The molecule has 176 valence electrons. The molecule has 0 amide bonds. The first-order valence-corrected chi connectivity index (χ1v) is 13.2. The molecule has 3 rings (SSSR count). The van der Waals surface area contributed by atoms with Gasteiger partial charge < -0.3 is 5.11 Å². The van der Waals surface area contributed by atoms with Gasteiger partial charge in [-0.2, -0.15) is 0 Å². The van der Waals surface area contributed by atoms with Crippen LogP contribution in [0.5, 0.6) is 0 Å². The minimum Gasteiger partial charge on any atom is -0.390 e. The maximum absolute atomic E-state index is 10.1. The largest absolute Gasteiger partial charge is 0.390 e. The quantitative estimate of drug-likeness (QED) is 0.450. The Morgan fingerprint density at radius 1 is 1.29 bits per heavy atom. The number of hydrogen-bond acceptors (Lipinski definition) is 1. The standard InChI is InChI=1S/C30H50O/c1-20-17-22(3)24(5)26(18-20)23(4)19-25-12-10-16-30(8)27(13-14-28(25)30)21(2)11-9-15-29(6,7)31/h19-22,27-28,31H,5,9-18H2,1-4,6-8H3/b25-19+,26-23-/t20-,21+,22-,27?,28?,30+/m0/s1. The predicted molar refractivity (Wildman–Crippen MR) is 135 cm³/mol. The first kappa shape index (κ1) is 24.8. The zero-order valence-corrected chi connectivity index (χ0v) is 21.7. The van der Waals surface area contributed by atoms with Crippen molar-refractivity contribution in [2.75, 3.05) is 0 Å². The van der Waals surface area contributed by atoms with Crippen LogP contribution in [-0.4, -0.2) is 10.7 Å². The molecule has 0 aromatic heterocycles. The van der Waals surface area contributed by atoms with Crippen molar-refractivity contribution in [2.24, 2.45) is 35.0 Å². The van der Waals surface area contributed by atoms with Gasteiger partial charge in [-0.25, -0.2) is 0 Å². The Labute approximate surface area is 193 Å². The third-order valence-corrected chi connectivity index (χ3v) is 9.34. The van der Waals surface area contributed by atoms with Gasteiger partial charge in [0.2, 0.25) is 0 Å². The van der Waals surface area contributed by atoms with Gasteiger partial charge in [0.05, 0.1) is 5.60 Å². The molecule has 1 heteroatoms. The van der Waals surface area contributed by atoms with Crippen molar-refractivity contribution in [1.82, 2.24) is 0 Å². The lowest BCUT2D eigenvalue weighted by Crippen LogP contribution is -2.36. The second-order valence-electron chi connectivity index (χ2n) is 12.6. The molecule has 0 saturated heterocycles. The van der Waals surface area contributed by atoms with E-state index in [9.17, 15) is 5.11 Å². The molecule has 0 radical (unpaired) electrons. The number of aliphatic hydroxyl groups is 1. The third-order valence-electron chi connectivity index (χ3n) is 9.34. The predicted octanol–water partition coefficient (Wildman–Crippen LogP) is 8.65. The zero-order valence-electron chi connectivity index (χ0n) is 21.7. The van der Waals surface area contributed by atoms with Crippen molar-refractivity contribution in [1.29, 1.82) is 0 Å². The van der Waals surface area contributed by atoms with Crippen LogP contribution in [0.15, 0.2) is 34.9 Å². The van der Waals surface area contributed by atoms with Crippen LogP contribution in [0.4, 0.5) is 0 Å². The van der Waals surface area contributed by atoms with Crippen molar-refractivity contribution < 1.29 is 5.11 Å². The van der Waals surface area contributed by atoms with Crippen molar-refractivity contribution >= 4 is 0 Å². The van der Waals surface area contributed by atoms with Crippen molar-refractivity contribution in [2.45, 2.75) is 118 Å². The van der Waals surface area contributed by atoms with Gasteiger partial charge in [0.25, 0.3) is 0 Å². The second-order valence-corrected chi connectivity index (χ2v) is 12.6. The first-order chi connectivity index (χ1) is 14.4. The Bertz CT molecular complexity index is 717. The molecule has 3 fully saturated rings. The summed E-state index contributed by atoms with van der Waals surface area (Å²) in [6.45, 7) is 20.6. The van der Waals surface area contributed by atoms with Gasteiger partial charge in [-0.3, -0.25) is 0 Å². The van der Waals surface area contributed by atoms with Crippen LogP contribution in [0.25, 0.3) is 0 Å². The highest BCUT2D eigenvalue weighted by Gasteiger charge is 2.50. The summed E-state index contributed by atoms with van der Waals surface area (Å²) in [5, 5.41) is 10.1. The molecule has 0 aromatic rings. The van der Waals surface area contributed by atoms with E-state index in [0.29, 0.717) is 11.3 Å². The van der Waals surface area contributed by atoms with Gasteiger partial charge in [-0.05, 0) is 124 Å². The summed E-state index contributed by atoms with van der Waals surface area (Å²) in [6.07, 6.45) is 15.2. The fourth-order valence-electron chi connectivity index (χ4n) is 7.63. The fraction of sp³-hybridized carbons (Fsp3) is 0.800. The van der Waals surface area contributed by atoms with E-state index in [4.69, 9.17) is 0 Å². The summed E-state index contributed by atoms with van der Waals surface area (Å²) in [5.41, 5.74) is 6.14. The highest BCUT2D eigenvalue weighted by atomic mass is 16.3. The number of fused-ring (bicyclic) bond motifs is 1. The molecule has 0 spiro atoms. The Morgan fingerprint density at radius 2 is 2.00 bits per heavy atom. The molecule has 0 aromatic carbocycles. The molecule has 1 N–H and O–H groups in total. The van der Waals surface area contributed by atoms with Crippen LogP contribution in [0.3, 0.4) is 0 Å². The highest BCUT2D eigenvalue weighted by Crippen LogP contribution is 2.60. The van der Waals surface area contributed by atoms with E-state index in [1.165, 1.54) is 62.5 Å². The van der Waals surface area contributed by atoms with Crippen LogP contribution in [0.1, 0.15) is 113 Å². The van der Waals surface area contributed by atoms with Gasteiger partial charge in [0.15, 0.2) is 0 Å². The molecule has 6 atom stereocenters. The van der Waals surface area contributed by atoms with E-state index in [2.05, 4.69) is 47.3 Å². The van der Waals surface area contributed by atoms with E-state index < -0.39 is 5.60 Å². The average Bonchev–Trinajstić information content (AvgIpc) is 3.01. The maximum Gasteiger partial charge on any atom is 0.0591 e. The monoisotopic (exact) mass is 426 g/mol. The summed E-state index contributed by atoms with van der Waals surface area (Å²) in [5.74, 6) is 3.77. The van der Waals surface area contributed by atoms with Crippen LogP contribution in [0.2, 0.25) is 0 Å². The van der Waals surface area contributed by atoms with E-state index in [1.807, 2.05) is 13.8 Å². The van der Waals surface area contributed by atoms with Crippen LogP contribution in [-0.2, 0) is 0 Å². The zero-order chi connectivity index (χ0) is 23.0. The lowest BCUT2D eigenvalue weighted by molar-refractivity contribution is 0.0596. The molecule has 3 aliphatic carbocycles. The molecule has 31 heavy (non-hydrogen) atoms. The van der Waals surface area contributed by atoms with Crippen molar-refractivity contribution in [3.05, 3.63) is 34.9 Å². The lowest BCUT2D eigenvalue weighted by Gasteiger charge is -2.44. The molecule has 3 saturated carbocycles. The number of rotatable bonds is 6. The number of hydrogen-bond donors (Lipinski definition) is 1. The Kier molecular flexibility index (Phi) is 7.67. The van der Waals surface area contributed by atoms with E-state index in [0.717, 1.165) is 36.5 Å². The molecule has 1 nitrogen and oxygen atoms in total. The smallest absolute Gasteiger partial charge is 0.0591 e. The molecule has 0 bridgehead atoms. The van der Waals surface area contributed by atoms with Crippen LogP contribution < -0.4 is 0 Å². The molecule has 0 heterocycles. The maximum atomic E-state index is 10.1. The van der Waals surface area contributed by atoms with Gasteiger partial charge in [-0.1, -0.05) is 58.8 Å². The molecule has 3 aliphatic rings. The Morgan fingerprint density at radius 3 is 2.68 bits per heavy atom. The van der Waals surface area contributed by atoms with E-state index in [1.54, 1.807) is 11.1 Å². The lowest BCUT2D eigenvalue weighted by atomic mass is 9.60. The van der Waals surface area contributed by atoms with Crippen LogP contribution in [0, 0.1) is 35.0 Å². The average molecular weight is 427 g/mol. The Hall–Kier alpha value is -0.820. The van der Waals surface area contributed by atoms with Crippen molar-refractivity contribution in [3.8, 4) is 0 Å². The van der Waals surface area contributed by atoms with E-state index >= 15 is 0 Å². The molecule has 2 unspecified atom stereocenters. The molecular weight excluding hydrogens is 376 g/mol. The summed E-state index contributed by atoms with van der Waals surface area (Å²) < 4.78 is 0. The van der Waals surface area contributed by atoms with Gasteiger partial charge in [-0.15, -0.1) is 0 Å². The third kappa shape index (κ3) is 5.58. The first-order valence-electron chi connectivity index (χ1n) is 13.2. The van der Waals surface area contributed by atoms with Crippen LogP contribution >= 0.6 is 0 Å². The van der Waals surface area contributed by atoms with Gasteiger partial charge in [0, 0.05) is 0 Å². The summed E-state index contributed by atoms with van der Waals surface area (Å²) >= 11 is 0. The fourth-order valence-corrected chi connectivity index (χ4v) is 7.63. The normalized spacial score (nSPS) is 38.3. The second kappa shape index (κ2) is 9.58. The SMILES string of the molecule is C=C1/C(=C(C)\C=C2/CCC[C@@]3(C)C2CCC3[C@H](C)CCCC(C)(C)O)C[C@@H](C)C[C@@H]1C. The molecular formula is C30H50O. The number of allylic oxidation sites excluding steroid dienone is 5. The minimum atomic E-state index is -0.522. The minimum absolute atomic E-state index is 0.466. The summed E-state index contributed by atoms with van der Waals surface area (Å²) in [7, 11) is 0. The molecule has 0 aliphatic heterocycles. The Balaban J connectivity index is 1.76. The highest BCUT2D eigenvalue weighted by molar-refractivity contribution is 5.42. The van der Waals surface area contributed by atoms with E-state index in [-0.39, 0.29) is 0 Å². The van der Waals surface area contributed by atoms with Crippen molar-refractivity contribution in [3.63, 3.8) is 0 Å².